The second-order valence-electron chi connectivity index (χ2n) is 9.96. The van der Waals surface area contributed by atoms with E-state index in [0.717, 1.165) is 37.1 Å². The van der Waals surface area contributed by atoms with Crippen LogP contribution in [0.1, 0.15) is 31.4 Å². The van der Waals surface area contributed by atoms with Crippen LogP contribution < -0.4 is 25.1 Å². The first-order valence-electron chi connectivity index (χ1n) is 12.8. The fourth-order valence-corrected chi connectivity index (χ4v) is 5.78. The highest BCUT2D eigenvalue weighted by Crippen LogP contribution is 2.43. The van der Waals surface area contributed by atoms with E-state index in [1.54, 1.807) is 18.3 Å². The predicted octanol–water partition coefficient (Wildman–Crippen LogP) is 1.44. The second kappa shape index (κ2) is 9.88. The average Bonchev–Trinajstić information content (AvgIpc) is 2.94. The lowest BCUT2D eigenvalue weighted by atomic mass is 9.70. The monoisotopic (exact) mass is 509 g/mol. The highest BCUT2D eigenvalue weighted by molar-refractivity contribution is 5.70. The molecule has 2 N–H and O–H groups in total. The van der Waals surface area contributed by atoms with Gasteiger partial charge in [-0.25, -0.2) is 4.98 Å². The van der Waals surface area contributed by atoms with Gasteiger partial charge in [-0.05, 0) is 31.2 Å². The molecule has 6 rings (SSSR count). The van der Waals surface area contributed by atoms with Gasteiger partial charge in [0, 0.05) is 24.7 Å². The summed E-state index contributed by atoms with van der Waals surface area (Å²) < 4.78 is 24.3. The molecule has 2 aliphatic heterocycles. The molecule has 0 spiro atoms. The van der Waals surface area contributed by atoms with Crippen LogP contribution in [0.25, 0.3) is 11.2 Å². The molecule has 3 aromatic heterocycles. The molecule has 0 aromatic carbocycles. The van der Waals surface area contributed by atoms with Gasteiger partial charge in [-0.15, -0.1) is 0 Å². The van der Waals surface area contributed by atoms with Crippen molar-refractivity contribution in [3.63, 3.8) is 0 Å². The van der Waals surface area contributed by atoms with Crippen molar-refractivity contribution in [2.75, 3.05) is 26.9 Å². The minimum atomic E-state index is -0.869. The van der Waals surface area contributed by atoms with Crippen LogP contribution in [0.5, 0.6) is 17.4 Å². The molecule has 37 heavy (non-hydrogen) atoms. The van der Waals surface area contributed by atoms with Gasteiger partial charge in [-0.1, -0.05) is 6.42 Å². The summed E-state index contributed by atoms with van der Waals surface area (Å²) in [7, 11) is 1.52. The van der Waals surface area contributed by atoms with Gasteiger partial charge in [0.15, 0.2) is 17.1 Å². The van der Waals surface area contributed by atoms with Crippen LogP contribution in [0.3, 0.4) is 0 Å². The van der Waals surface area contributed by atoms with Gasteiger partial charge in [0.2, 0.25) is 5.88 Å². The van der Waals surface area contributed by atoms with Crippen molar-refractivity contribution in [1.29, 1.82) is 0 Å². The maximum Gasteiger partial charge on any atom is 0.270 e. The predicted molar refractivity (Wildman–Crippen MR) is 133 cm³/mol. The van der Waals surface area contributed by atoms with Gasteiger partial charge in [0.25, 0.3) is 5.56 Å². The Morgan fingerprint density at radius 2 is 2.11 bits per heavy atom. The van der Waals surface area contributed by atoms with E-state index in [2.05, 4.69) is 20.3 Å². The maximum absolute atomic E-state index is 12.7. The molecule has 2 bridgehead atoms. The van der Waals surface area contributed by atoms with Crippen molar-refractivity contribution in [2.24, 2.45) is 5.92 Å². The summed E-state index contributed by atoms with van der Waals surface area (Å²) in [5.41, 5.74) is 0.803. The maximum atomic E-state index is 12.7. The van der Waals surface area contributed by atoms with E-state index in [0.29, 0.717) is 55.1 Å². The van der Waals surface area contributed by atoms with Gasteiger partial charge >= 0.3 is 0 Å². The summed E-state index contributed by atoms with van der Waals surface area (Å²) >= 11 is 0. The molecule has 0 amide bonds. The number of pyridine rings is 2. The van der Waals surface area contributed by atoms with E-state index < -0.39 is 11.7 Å². The van der Waals surface area contributed by atoms with Crippen molar-refractivity contribution in [3.8, 4) is 17.4 Å². The minimum absolute atomic E-state index is 0.0734. The minimum Gasteiger partial charge on any atom is -0.486 e. The van der Waals surface area contributed by atoms with Gasteiger partial charge in [0.1, 0.15) is 24.8 Å². The van der Waals surface area contributed by atoms with Crippen LogP contribution in [0.15, 0.2) is 35.4 Å². The van der Waals surface area contributed by atoms with Crippen molar-refractivity contribution >= 4 is 11.2 Å². The SMILES string of the molecule is COc1ccc2ncc(=O)n(CC(O)C34CCCC(C3)C(NCc3cc5c(cn3)OCCO5)CO4)c2n1. The van der Waals surface area contributed by atoms with E-state index in [4.69, 9.17) is 18.9 Å². The number of aliphatic hydroxyl groups excluding tert-OH is 1. The van der Waals surface area contributed by atoms with E-state index in [9.17, 15) is 9.90 Å². The highest BCUT2D eigenvalue weighted by atomic mass is 16.6. The smallest absolute Gasteiger partial charge is 0.270 e. The molecule has 1 saturated carbocycles. The number of fused-ring (bicyclic) bond motifs is 4. The summed E-state index contributed by atoms with van der Waals surface area (Å²) in [6.45, 7) is 2.21. The fraction of sp³-hybridized carbons (Fsp3) is 0.538. The zero-order valence-electron chi connectivity index (χ0n) is 20.8. The number of aromatic nitrogens is 4. The Morgan fingerprint density at radius 1 is 1.24 bits per heavy atom. The number of methoxy groups -OCH3 is 1. The van der Waals surface area contributed by atoms with E-state index in [-0.39, 0.29) is 18.1 Å². The van der Waals surface area contributed by atoms with Crippen molar-refractivity contribution in [3.05, 3.63) is 46.6 Å². The van der Waals surface area contributed by atoms with Crippen molar-refractivity contribution in [1.82, 2.24) is 24.8 Å². The molecule has 1 aliphatic carbocycles. The summed E-state index contributed by atoms with van der Waals surface area (Å²) in [6.07, 6.45) is 5.57. The first-order chi connectivity index (χ1) is 18.0. The molecular weight excluding hydrogens is 478 g/mol. The number of rotatable bonds is 7. The Labute approximate surface area is 213 Å². The number of aliphatic hydroxyl groups is 1. The Hall–Kier alpha value is -3.28. The standard InChI is InChI=1S/C26H31N5O6/c1-34-23-5-4-18-25(30-23)31(24(33)13-29-18)14-22(32)26-6-2-3-16(10-26)19(15-37-26)28-11-17-9-20-21(12-27-17)36-8-7-35-20/h4-5,9,12-13,16,19,22,28,32H,2-3,6-8,10-11,14-15H2,1H3. The zero-order chi connectivity index (χ0) is 25.4. The first-order valence-corrected chi connectivity index (χ1v) is 12.8. The zero-order valence-corrected chi connectivity index (χ0v) is 20.8. The molecule has 3 aromatic rings. The van der Waals surface area contributed by atoms with E-state index >= 15 is 0 Å². The van der Waals surface area contributed by atoms with E-state index in [1.165, 1.54) is 17.9 Å². The normalized spacial score (nSPS) is 25.6. The quantitative estimate of drug-likeness (QED) is 0.483. The molecule has 11 nitrogen and oxygen atoms in total. The van der Waals surface area contributed by atoms with Crippen LogP contribution >= 0.6 is 0 Å². The third-order valence-electron chi connectivity index (χ3n) is 7.77. The Bertz CT molecular complexity index is 1350. The molecule has 3 aliphatic rings. The summed E-state index contributed by atoms with van der Waals surface area (Å²) in [5.74, 6) is 2.13. The van der Waals surface area contributed by atoms with Gasteiger partial charge in [-0.2, -0.15) is 4.98 Å². The van der Waals surface area contributed by atoms with Gasteiger partial charge in [-0.3, -0.25) is 14.3 Å². The molecule has 0 radical (unpaired) electrons. The van der Waals surface area contributed by atoms with Crippen LogP contribution in [0.2, 0.25) is 0 Å². The van der Waals surface area contributed by atoms with Crippen LogP contribution in [-0.4, -0.2) is 69.3 Å². The summed E-state index contributed by atoms with van der Waals surface area (Å²) in [6, 6.07) is 5.51. The van der Waals surface area contributed by atoms with Crippen LogP contribution in [0.4, 0.5) is 0 Å². The molecule has 196 valence electrons. The lowest BCUT2D eigenvalue weighted by Crippen LogP contribution is -2.59. The third-order valence-corrected chi connectivity index (χ3v) is 7.77. The molecule has 4 atom stereocenters. The summed E-state index contributed by atoms with van der Waals surface area (Å²) in [4.78, 5) is 25.8. The van der Waals surface area contributed by atoms with E-state index in [1.807, 2.05) is 6.07 Å². The lowest BCUT2D eigenvalue weighted by molar-refractivity contribution is -0.191. The lowest BCUT2D eigenvalue weighted by Gasteiger charge is -2.50. The average molecular weight is 510 g/mol. The number of hydrogen-bond acceptors (Lipinski definition) is 10. The highest BCUT2D eigenvalue weighted by Gasteiger charge is 2.49. The molecule has 2 fully saturated rings. The molecular formula is C26H31N5O6. The fourth-order valence-electron chi connectivity index (χ4n) is 5.78. The number of nitrogens with one attached hydrogen (secondary N) is 1. The molecule has 1 saturated heterocycles. The van der Waals surface area contributed by atoms with Crippen molar-refractivity contribution in [2.45, 2.75) is 56.5 Å². The number of hydrogen-bond donors (Lipinski definition) is 2. The Morgan fingerprint density at radius 3 is 2.97 bits per heavy atom. The van der Waals surface area contributed by atoms with Crippen LogP contribution in [-0.2, 0) is 17.8 Å². The van der Waals surface area contributed by atoms with Gasteiger partial charge < -0.3 is 29.4 Å². The largest absolute Gasteiger partial charge is 0.486 e. The second-order valence-corrected chi connectivity index (χ2v) is 9.96. The number of nitrogens with zero attached hydrogens (tertiary/aromatic N) is 4. The Balaban J connectivity index is 1.15. The van der Waals surface area contributed by atoms with Crippen molar-refractivity contribution < 1.29 is 24.1 Å². The van der Waals surface area contributed by atoms with Crippen LogP contribution in [0, 0.1) is 5.92 Å². The first kappa shape index (κ1) is 24.1. The third kappa shape index (κ3) is 4.62. The molecule has 5 heterocycles. The Kier molecular flexibility index (Phi) is 6.43. The topological polar surface area (TPSA) is 130 Å². The molecule has 11 heteroatoms. The van der Waals surface area contributed by atoms with Gasteiger partial charge in [0.05, 0.1) is 44.0 Å². The summed E-state index contributed by atoms with van der Waals surface area (Å²) in [5, 5.41) is 15.0. The molecule has 4 unspecified atom stereocenters. The number of ether oxygens (including phenoxy) is 4.